The van der Waals surface area contributed by atoms with E-state index in [4.69, 9.17) is 0 Å². The highest BCUT2D eigenvalue weighted by atomic mass is 32.2. The maximum atomic E-state index is 12.7. The third kappa shape index (κ3) is 3.99. The molecule has 0 spiro atoms. The zero-order valence-electron chi connectivity index (χ0n) is 14.1. The number of aliphatic hydroxyl groups is 1. The summed E-state index contributed by atoms with van der Waals surface area (Å²) in [7, 11) is 1.86. The lowest BCUT2D eigenvalue weighted by molar-refractivity contribution is -0.129. The predicted molar refractivity (Wildman–Crippen MR) is 94.6 cm³/mol. The summed E-state index contributed by atoms with van der Waals surface area (Å²) in [5.41, 5.74) is 3.15. The fraction of sp³-hybridized carbons (Fsp3) is 0.444. The molecule has 5 nitrogen and oxygen atoms in total. The van der Waals surface area contributed by atoms with E-state index in [-0.39, 0.29) is 12.5 Å². The Labute approximate surface area is 146 Å². The minimum absolute atomic E-state index is 0.0420. The van der Waals surface area contributed by atoms with Gasteiger partial charge in [-0.25, -0.2) is 4.98 Å². The van der Waals surface area contributed by atoms with Crippen molar-refractivity contribution < 1.29 is 9.90 Å². The number of carbonyl (C=O) groups excluding carboxylic acids is 1. The van der Waals surface area contributed by atoms with Gasteiger partial charge in [-0.1, -0.05) is 41.6 Å². The van der Waals surface area contributed by atoms with E-state index in [0.717, 1.165) is 23.7 Å². The summed E-state index contributed by atoms with van der Waals surface area (Å²) in [6, 6.07) is 8.75. The lowest BCUT2D eigenvalue weighted by Crippen LogP contribution is -2.34. The first-order valence-corrected chi connectivity index (χ1v) is 9.16. The molecular weight excluding hydrogens is 322 g/mol. The summed E-state index contributed by atoms with van der Waals surface area (Å²) in [4.78, 5) is 18.9. The first kappa shape index (κ1) is 17.0. The monoisotopic (exact) mass is 345 g/mol. The van der Waals surface area contributed by atoms with Gasteiger partial charge in [0.25, 0.3) is 0 Å². The minimum Gasteiger partial charge on any atom is -0.390 e. The summed E-state index contributed by atoms with van der Waals surface area (Å²) in [6.45, 7) is 2.70. The number of aryl methyl sites for hydroxylation is 1. The fourth-order valence-electron chi connectivity index (χ4n) is 2.61. The van der Waals surface area contributed by atoms with Crippen LogP contribution < -0.4 is 0 Å². The Balaban J connectivity index is 1.62. The van der Waals surface area contributed by atoms with E-state index in [2.05, 4.69) is 36.2 Å². The van der Waals surface area contributed by atoms with Gasteiger partial charge in [-0.15, -0.1) is 0 Å². The summed E-state index contributed by atoms with van der Waals surface area (Å²) in [5, 5.41) is 9.98. The zero-order chi connectivity index (χ0) is 17.1. The number of hydrogen-bond donors (Lipinski definition) is 1. The van der Waals surface area contributed by atoms with Crippen molar-refractivity contribution in [2.75, 3.05) is 5.75 Å². The number of nitrogens with zero attached hydrogens (tertiary/aromatic N) is 3. The van der Waals surface area contributed by atoms with E-state index in [1.54, 1.807) is 6.20 Å². The van der Waals surface area contributed by atoms with Gasteiger partial charge >= 0.3 is 0 Å². The van der Waals surface area contributed by atoms with Crippen molar-refractivity contribution >= 4 is 17.7 Å². The van der Waals surface area contributed by atoms with Crippen molar-refractivity contribution in [3.05, 3.63) is 47.3 Å². The van der Waals surface area contributed by atoms with Crippen LogP contribution in [0, 0.1) is 6.92 Å². The Bertz CT molecular complexity index is 708. The van der Waals surface area contributed by atoms with Crippen LogP contribution in [0.15, 0.2) is 35.6 Å². The molecular formula is C18H23N3O2S. The molecule has 24 heavy (non-hydrogen) atoms. The smallest absolute Gasteiger partial charge is 0.233 e. The van der Waals surface area contributed by atoms with Crippen molar-refractivity contribution in [1.29, 1.82) is 0 Å². The topological polar surface area (TPSA) is 58.4 Å². The standard InChI is InChI=1S/C18H23N3O2S/c1-13-3-5-14(6-4-13)10-21(15-7-8-15)17(23)12-24-18-19-9-16(11-22)20(18)2/h3-6,9,15,22H,7-8,10-12H2,1-2H3. The van der Waals surface area contributed by atoms with Gasteiger partial charge in [0.1, 0.15) is 0 Å². The minimum atomic E-state index is -0.0420. The molecule has 1 fully saturated rings. The van der Waals surface area contributed by atoms with Crippen LogP contribution in [0.5, 0.6) is 0 Å². The Hall–Kier alpha value is -1.79. The second-order valence-corrected chi connectivity index (χ2v) is 7.22. The highest BCUT2D eigenvalue weighted by Crippen LogP contribution is 2.29. The molecule has 128 valence electrons. The van der Waals surface area contributed by atoms with Gasteiger partial charge in [-0.3, -0.25) is 4.79 Å². The molecule has 1 N–H and O–H groups in total. The second-order valence-electron chi connectivity index (χ2n) is 6.28. The maximum absolute atomic E-state index is 12.7. The van der Waals surface area contributed by atoms with E-state index < -0.39 is 0 Å². The molecule has 6 heteroatoms. The van der Waals surface area contributed by atoms with Gasteiger partial charge in [0, 0.05) is 19.6 Å². The van der Waals surface area contributed by atoms with Gasteiger partial charge in [0.15, 0.2) is 5.16 Å². The quantitative estimate of drug-likeness (QED) is 0.784. The molecule has 3 rings (SSSR count). The zero-order valence-corrected chi connectivity index (χ0v) is 14.9. The molecule has 1 aromatic heterocycles. The molecule has 1 aliphatic rings. The molecule has 1 saturated carbocycles. The van der Waals surface area contributed by atoms with Crippen molar-refractivity contribution in [2.24, 2.45) is 7.05 Å². The molecule has 0 atom stereocenters. The number of aromatic nitrogens is 2. The first-order chi connectivity index (χ1) is 11.6. The molecule has 1 heterocycles. The van der Waals surface area contributed by atoms with Crippen LogP contribution in [0.3, 0.4) is 0 Å². The number of carbonyl (C=O) groups is 1. The van der Waals surface area contributed by atoms with Gasteiger partial charge in [0.2, 0.25) is 5.91 Å². The summed E-state index contributed by atoms with van der Waals surface area (Å²) < 4.78 is 1.83. The van der Waals surface area contributed by atoms with Crippen molar-refractivity contribution in [1.82, 2.24) is 14.5 Å². The Morgan fingerprint density at radius 2 is 2.08 bits per heavy atom. The number of thioether (sulfide) groups is 1. The van der Waals surface area contributed by atoms with Gasteiger partial charge < -0.3 is 14.6 Å². The molecule has 0 unspecified atom stereocenters. The van der Waals surface area contributed by atoms with Crippen molar-refractivity contribution in [3.8, 4) is 0 Å². The SMILES string of the molecule is Cc1ccc(CN(C(=O)CSc2ncc(CO)n2C)C2CC2)cc1. The van der Waals surface area contributed by atoms with Crippen LogP contribution in [0.1, 0.15) is 29.7 Å². The number of aliphatic hydroxyl groups excluding tert-OH is 1. The molecule has 1 amide bonds. The number of imidazole rings is 1. The van der Waals surface area contributed by atoms with E-state index in [0.29, 0.717) is 18.3 Å². The molecule has 0 saturated heterocycles. The van der Waals surface area contributed by atoms with Crippen LogP contribution >= 0.6 is 11.8 Å². The second kappa shape index (κ2) is 7.40. The van der Waals surface area contributed by atoms with Gasteiger partial charge in [-0.05, 0) is 25.3 Å². The third-order valence-corrected chi connectivity index (χ3v) is 5.34. The Kier molecular flexibility index (Phi) is 5.26. The summed E-state index contributed by atoms with van der Waals surface area (Å²) >= 11 is 1.43. The Morgan fingerprint density at radius 3 is 2.67 bits per heavy atom. The third-order valence-electron chi connectivity index (χ3n) is 4.31. The molecule has 2 aromatic rings. The van der Waals surface area contributed by atoms with Crippen LogP contribution in [-0.2, 0) is 25.0 Å². The first-order valence-electron chi connectivity index (χ1n) is 8.17. The Morgan fingerprint density at radius 1 is 1.38 bits per heavy atom. The average Bonchev–Trinajstić information content (AvgIpc) is 3.36. The van der Waals surface area contributed by atoms with E-state index >= 15 is 0 Å². The van der Waals surface area contributed by atoms with E-state index in [9.17, 15) is 9.90 Å². The van der Waals surface area contributed by atoms with Gasteiger partial charge in [-0.2, -0.15) is 0 Å². The molecule has 0 bridgehead atoms. The van der Waals surface area contributed by atoms with Crippen LogP contribution in [0.2, 0.25) is 0 Å². The molecule has 1 aliphatic carbocycles. The molecule has 0 aliphatic heterocycles. The van der Waals surface area contributed by atoms with Crippen molar-refractivity contribution in [2.45, 2.75) is 44.1 Å². The number of benzene rings is 1. The molecule has 1 aromatic carbocycles. The fourth-order valence-corrected chi connectivity index (χ4v) is 3.47. The van der Waals surface area contributed by atoms with Crippen LogP contribution in [0.4, 0.5) is 0 Å². The largest absolute Gasteiger partial charge is 0.390 e. The van der Waals surface area contributed by atoms with E-state index in [1.807, 2.05) is 16.5 Å². The van der Waals surface area contributed by atoms with Gasteiger partial charge in [0.05, 0.1) is 24.3 Å². The number of hydrogen-bond acceptors (Lipinski definition) is 4. The lowest BCUT2D eigenvalue weighted by Gasteiger charge is -2.22. The summed E-state index contributed by atoms with van der Waals surface area (Å²) in [6.07, 6.45) is 3.84. The highest BCUT2D eigenvalue weighted by Gasteiger charge is 2.32. The van der Waals surface area contributed by atoms with E-state index in [1.165, 1.54) is 22.9 Å². The maximum Gasteiger partial charge on any atom is 0.233 e. The van der Waals surface area contributed by atoms with Crippen LogP contribution in [-0.4, -0.2) is 37.3 Å². The van der Waals surface area contributed by atoms with Crippen LogP contribution in [0.25, 0.3) is 0 Å². The normalized spacial score (nSPS) is 14.0. The van der Waals surface area contributed by atoms with Crippen molar-refractivity contribution in [3.63, 3.8) is 0 Å². The lowest BCUT2D eigenvalue weighted by atomic mass is 10.1. The number of rotatable bonds is 7. The molecule has 0 radical (unpaired) electrons. The number of amides is 1. The highest BCUT2D eigenvalue weighted by molar-refractivity contribution is 7.99. The predicted octanol–water partition coefficient (Wildman–Crippen LogP) is 2.50. The summed E-state index contributed by atoms with van der Waals surface area (Å²) in [5.74, 6) is 0.523. The average molecular weight is 345 g/mol.